The molecule has 3 N–H and O–H groups in total. The van der Waals surface area contributed by atoms with Crippen molar-refractivity contribution in [1.29, 1.82) is 0 Å². The van der Waals surface area contributed by atoms with Crippen LogP contribution in [0.1, 0.15) is 24.4 Å². The van der Waals surface area contributed by atoms with Crippen molar-refractivity contribution < 1.29 is 9.15 Å². The van der Waals surface area contributed by atoms with E-state index in [4.69, 9.17) is 26.6 Å². The Morgan fingerprint density at radius 2 is 2.20 bits per heavy atom. The molecule has 1 atom stereocenters. The molecule has 0 radical (unpaired) electrons. The predicted molar refractivity (Wildman–Crippen MR) is 57.3 cm³/mol. The number of hydrazine groups is 1. The fourth-order valence-corrected chi connectivity index (χ4v) is 2.29. The van der Waals surface area contributed by atoms with Crippen molar-refractivity contribution in [3.63, 3.8) is 0 Å². The van der Waals surface area contributed by atoms with Gasteiger partial charge in [-0.1, -0.05) is 0 Å². The molecule has 0 aliphatic carbocycles. The highest BCUT2D eigenvalue weighted by molar-refractivity contribution is 6.29. The maximum absolute atomic E-state index is 5.94. The molecular formula is C10H15ClN2O2. The average molecular weight is 231 g/mol. The lowest BCUT2D eigenvalue weighted by atomic mass is 9.89. The van der Waals surface area contributed by atoms with E-state index in [-0.39, 0.29) is 6.04 Å². The first-order valence-corrected chi connectivity index (χ1v) is 5.47. The number of hydrogen-bond acceptors (Lipinski definition) is 4. The summed E-state index contributed by atoms with van der Waals surface area (Å²) in [5, 5.41) is 0.421. The lowest BCUT2D eigenvalue weighted by Crippen LogP contribution is -2.36. The Labute approximate surface area is 93.7 Å². The van der Waals surface area contributed by atoms with Crippen LogP contribution in [0.4, 0.5) is 0 Å². The van der Waals surface area contributed by atoms with E-state index in [9.17, 15) is 0 Å². The average Bonchev–Trinajstić information content (AvgIpc) is 2.68. The predicted octanol–water partition coefficient (Wildman–Crippen LogP) is 1.86. The second-order valence-electron chi connectivity index (χ2n) is 3.74. The third-order valence-corrected chi connectivity index (χ3v) is 3.21. The highest BCUT2D eigenvalue weighted by Gasteiger charge is 2.27. The van der Waals surface area contributed by atoms with Crippen LogP contribution in [0, 0.1) is 5.92 Å². The minimum absolute atomic E-state index is 0.0557. The monoisotopic (exact) mass is 230 g/mol. The minimum Gasteiger partial charge on any atom is -0.453 e. The topological polar surface area (TPSA) is 60.4 Å². The fraction of sp³-hybridized carbons (Fsp3) is 0.600. The highest BCUT2D eigenvalue weighted by Crippen LogP contribution is 2.33. The van der Waals surface area contributed by atoms with Gasteiger partial charge in [0.25, 0.3) is 0 Å². The molecule has 15 heavy (non-hydrogen) atoms. The number of hydrogen-bond donors (Lipinski definition) is 2. The van der Waals surface area contributed by atoms with Crippen LogP contribution < -0.4 is 11.3 Å². The fourth-order valence-electron chi connectivity index (χ4n) is 2.06. The summed E-state index contributed by atoms with van der Waals surface area (Å²) in [6, 6.07) is 1.92. The Bertz CT molecular complexity index is 310. The Morgan fingerprint density at radius 1 is 1.47 bits per heavy atom. The molecule has 2 heterocycles. The highest BCUT2D eigenvalue weighted by atomic mass is 35.5. The van der Waals surface area contributed by atoms with Crippen LogP contribution in [0.5, 0.6) is 0 Å². The van der Waals surface area contributed by atoms with Crippen molar-refractivity contribution in [2.45, 2.75) is 18.9 Å². The molecule has 1 fully saturated rings. The molecular weight excluding hydrogens is 216 g/mol. The lowest BCUT2D eigenvalue weighted by molar-refractivity contribution is 0.0535. The third-order valence-electron chi connectivity index (χ3n) is 2.90. The van der Waals surface area contributed by atoms with Gasteiger partial charge in [0.1, 0.15) is 0 Å². The van der Waals surface area contributed by atoms with Gasteiger partial charge in [-0.3, -0.25) is 11.3 Å². The van der Waals surface area contributed by atoms with Crippen LogP contribution in [-0.4, -0.2) is 13.2 Å². The maximum atomic E-state index is 5.94. The van der Waals surface area contributed by atoms with Crippen molar-refractivity contribution in [2.24, 2.45) is 11.8 Å². The van der Waals surface area contributed by atoms with Gasteiger partial charge < -0.3 is 9.15 Å². The van der Waals surface area contributed by atoms with Gasteiger partial charge in [0.05, 0.1) is 12.3 Å². The van der Waals surface area contributed by atoms with Crippen LogP contribution in [0.3, 0.4) is 0 Å². The molecule has 0 amide bonds. The van der Waals surface area contributed by atoms with Crippen LogP contribution in [0.2, 0.25) is 5.22 Å². The van der Waals surface area contributed by atoms with Crippen molar-refractivity contribution in [1.82, 2.24) is 5.43 Å². The number of nitrogens with one attached hydrogen (secondary N) is 1. The van der Waals surface area contributed by atoms with Gasteiger partial charge in [-0.25, -0.2) is 0 Å². The van der Waals surface area contributed by atoms with E-state index in [1.807, 2.05) is 6.07 Å². The zero-order valence-electron chi connectivity index (χ0n) is 8.41. The molecule has 1 unspecified atom stereocenters. The van der Waals surface area contributed by atoms with Crippen molar-refractivity contribution in [3.05, 3.63) is 23.1 Å². The van der Waals surface area contributed by atoms with E-state index in [0.717, 1.165) is 31.6 Å². The molecule has 2 rings (SSSR count). The number of halogens is 1. The van der Waals surface area contributed by atoms with Gasteiger partial charge in [0.2, 0.25) is 0 Å². The first kappa shape index (κ1) is 11.0. The maximum Gasteiger partial charge on any atom is 0.197 e. The Balaban J connectivity index is 2.12. The van der Waals surface area contributed by atoms with E-state index < -0.39 is 0 Å². The van der Waals surface area contributed by atoms with E-state index >= 15 is 0 Å². The number of ether oxygens (including phenoxy) is 1. The molecule has 84 valence electrons. The zero-order valence-corrected chi connectivity index (χ0v) is 9.17. The van der Waals surface area contributed by atoms with Crippen molar-refractivity contribution in [2.75, 3.05) is 13.2 Å². The van der Waals surface area contributed by atoms with Gasteiger partial charge in [-0.05, 0) is 36.4 Å². The van der Waals surface area contributed by atoms with Gasteiger partial charge >= 0.3 is 0 Å². The smallest absolute Gasteiger partial charge is 0.197 e. The number of furan rings is 1. The van der Waals surface area contributed by atoms with E-state index in [1.54, 1.807) is 6.26 Å². The Hall–Kier alpha value is -0.550. The summed E-state index contributed by atoms with van der Waals surface area (Å²) < 4.78 is 10.4. The molecule has 4 nitrogen and oxygen atoms in total. The number of rotatable bonds is 3. The standard InChI is InChI=1S/C10H15ClN2O2/c11-10-8(3-6-15-10)9(13-12)7-1-4-14-5-2-7/h3,6-7,9,13H,1-2,4-5,12H2. The van der Waals surface area contributed by atoms with Crippen molar-refractivity contribution in [3.8, 4) is 0 Å². The van der Waals surface area contributed by atoms with E-state index in [1.165, 1.54) is 0 Å². The largest absolute Gasteiger partial charge is 0.453 e. The summed E-state index contributed by atoms with van der Waals surface area (Å²) in [5.41, 5.74) is 3.75. The van der Waals surface area contributed by atoms with E-state index in [2.05, 4.69) is 5.43 Å². The number of nitrogens with two attached hydrogens (primary N) is 1. The summed E-state index contributed by atoms with van der Waals surface area (Å²) in [6.45, 7) is 1.58. The van der Waals surface area contributed by atoms with Gasteiger partial charge in [-0.2, -0.15) is 0 Å². The first-order valence-electron chi connectivity index (χ1n) is 5.09. The quantitative estimate of drug-likeness (QED) is 0.615. The van der Waals surface area contributed by atoms with Crippen LogP contribution in [0.15, 0.2) is 16.7 Å². The van der Waals surface area contributed by atoms with Gasteiger partial charge in [-0.15, -0.1) is 0 Å². The minimum atomic E-state index is 0.0557. The summed E-state index contributed by atoms with van der Waals surface area (Å²) in [5.74, 6) is 6.03. The summed E-state index contributed by atoms with van der Waals surface area (Å²) in [7, 11) is 0. The molecule has 1 aromatic heterocycles. The molecule has 5 heteroatoms. The molecule has 0 bridgehead atoms. The summed E-state index contributed by atoms with van der Waals surface area (Å²) in [6.07, 6.45) is 3.58. The first-order chi connectivity index (χ1) is 7.33. The zero-order chi connectivity index (χ0) is 10.7. The second kappa shape index (κ2) is 4.99. The van der Waals surface area contributed by atoms with Crippen molar-refractivity contribution >= 4 is 11.6 Å². The molecule has 1 aliphatic heterocycles. The second-order valence-corrected chi connectivity index (χ2v) is 4.09. The third kappa shape index (κ3) is 2.34. The molecule has 0 aromatic carbocycles. The molecule has 1 aliphatic rings. The molecule has 1 aromatic rings. The summed E-state index contributed by atoms with van der Waals surface area (Å²) >= 11 is 5.94. The summed E-state index contributed by atoms with van der Waals surface area (Å²) in [4.78, 5) is 0. The Kier molecular flexibility index (Phi) is 3.64. The SMILES string of the molecule is NNC(c1ccoc1Cl)C1CCOCC1. The van der Waals surface area contributed by atoms with Gasteiger partial charge in [0, 0.05) is 18.8 Å². The Morgan fingerprint density at radius 3 is 2.73 bits per heavy atom. The van der Waals surface area contributed by atoms with Crippen LogP contribution in [0.25, 0.3) is 0 Å². The van der Waals surface area contributed by atoms with Crippen LogP contribution in [-0.2, 0) is 4.74 Å². The van der Waals surface area contributed by atoms with Gasteiger partial charge in [0.15, 0.2) is 5.22 Å². The molecule has 0 saturated carbocycles. The van der Waals surface area contributed by atoms with E-state index in [0.29, 0.717) is 11.1 Å². The molecule has 1 saturated heterocycles. The van der Waals surface area contributed by atoms with Crippen LogP contribution >= 0.6 is 11.6 Å². The molecule has 0 spiro atoms. The normalized spacial score (nSPS) is 20.4. The lowest BCUT2D eigenvalue weighted by Gasteiger charge is -2.29.